The fourth-order valence-electron chi connectivity index (χ4n) is 0.221. The minimum absolute atomic E-state index is 0.695. The van der Waals surface area contributed by atoms with Crippen LogP contribution in [0.1, 0.15) is 20.3 Å². The van der Waals surface area contributed by atoms with Gasteiger partial charge in [-0.2, -0.15) is 0 Å². The van der Waals surface area contributed by atoms with Crippen LogP contribution < -0.4 is 0 Å². The van der Waals surface area contributed by atoms with Crippen molar-refractivity contribution in [2.24, 2.45) is 5.92 Å². The van der Waals surface area contributed by atoms with Gasteiger partial charge in [-0.25, -0.2) is 0 Å². The van der Waals surface area contributed by atoms with E-state index in [-0.39, 0.29) is 0 Å². The summed E-state index contributed by atoms with van der Waals surface area (Å²) < 4.78 is 1.26. The van der Waals surface area contributed by atoms with Crippen molar-refractivity contribution in [1.82, 2.24) is 0 Å². The lowest BCUT2D eigenvalue weighted by atomic mass is 10.1. The molecule has 0 aliphatic rings. The molecule has 0 fully saturated rings. The molecule has 0 aliphatic heterocycles. The fourth-order valence-corrected chi connectivity index (χ4v) is 0.662. The molecular weight excluding hydrogens is 199 g/mol. The van der Waals surface area contributed by atoms with Crippen molar-refractivity contribution in [2.75, 3.05) is 0 Å². The van der Waals surface area contributed by atoms with Crippen LogP contribution in [0.25, 0.3) is 0 Å². The molecule has 0 aromatic heterocycles. The first kappa shape index (κ1) is 7.47. The van der Waals surface area contributed by atoms with Gasteiger partial charge < -0.3 is 0 Å². The van der Waals surface area contributed by atoms with Crippen molar-refractivity contribution in [3.8, 4) is 0 Å². The third-order valence-electron chi connectivity index (χ3n) is 1.15. The highest BCUT2D eigenvalue weighted by Gasteiger charge is 1.96. The van der Waals surface area contributed by atoms with E-state index >= 15 is 0 Å². The van der Waals surface area contributed by atoms with Crippen molar-refractivity contribution in [3.63, 3.8) is 0 Å². The van der Waals surface area contributed by atoms with Gasteiger partial charge in [0.15, 0.2) is 0 Å². The predicted molar refractivity (Wildman–Crippen MR) is 42.6 cm³/mol. The number of rotatable bonds is 2. The largest absolute Gasteiger partial charge is 0.0894 e. The Kier molecular flexibility index (Phi) is 3.70. The maximum Gasteiger partial charge on any atom is -0.0138 e. The number of halogens is 1. The van der Waals surface area contributed by atoms with Gasteiger partial charge in [0.25, 0.3) is 0 Å². The Morgan fingerprint density at radius 3 is 2.29 bits per heavy atom. The van der Waals surface area contributed by atoms with E-state index < -0.39 is 0 Å². The molecule has 0 spiro atoms. The molecule has 0 radical (unpaired) electrons. The average molecular weight is 210 g/mol. The maximum absolute atomic E-state index is 3.81. The van der Waals surface area contributed by atoms with E-state index in [0.29, 0.717) is 5.92 Å². The molecule has 42 valence electrons. The Hall–Kier alpha value is 0.470. The molecule has 0 aliphatic carbocycles. The molecule has 0 saturated carbocycles. The van der Waals surface area contributed by atoms with E-state index in [2.05, 4.69) is 43.0 Å². The first-order chi connectivity index (χ1) is 3.18. The number of hydrogen-bond acceptors (Lipinski definition) is 0. The second-order valence-electron chi connectivity index (χ2n) is 1.76. The quantitative estimate of drug-likeness (QED) is 0.614. The van der Waals surface area contributed by atoms with E-state index in [1.807, 2.05) is 0 Å². The zero-order valence-corrected chi connectivity index (χ0v) is 7.03. The van der Waals surface area contributed by atoms with E-state index in [0.717, 1.165) is 0 Å². The van der Waals surface area contributed by atoms with Gasteiger partial charge in [0.05, 0.1) is 0 Å². The molecule has 0 amide bonds. The van der Waals surface area contributed by atoms with Crippen molar-refractivity contribution >= 4 is 22.6 Å². The molecule has 0 heterocycles. The summed E-state index contributed by atoms with van der Waals surface area (Å²) >= 11 is 2.27. The van der Waals surface area contributed by atoms with Gasteiger partial charge in [-0.1, -0.05) is 20.4 Å². The van der Waals surface area contributed by atoms with Crippen molar-refractivity contribution in [3.05, 3.63) is 10.2 Å². The van der Waals surface area contributed by atoms with Crippen LogP contribution in [0.15, 0.2) is 10.2 Å². The smallest absolute Gasteiger partial charge is 0.0138 e. The topological polar surface area (TPSA) is 0 Å². The van der Waals surface area contributed by atoms with Gasteiger partial charge in [0, 0.05) is 0 Å². The van der Waals surface area contributed by atoms with Gasteiger partial charge >= 0.3 is 0 Å². The van der Waals surface area contributed by atoms with E-state index in [1.165, 1.54) is 10.0 Å². The third kappa shape index (κ3) is 3.09. The molecule has 1 atom stereocenters. The Bertz CT molecular complexity index is 66.6. The van der Waals surface area contributed by atoms with Crippen molar-refractivity contribution in [1.29, 1.82) is 0 Å². The summed E-state index contributed by atoms with van der Waals surface area (Å²) in [5, 5.41) is 0. The highest BCUT2D eigenvalue weighted by Crippen LogP contribution is 2.17. The van der Waals surface area contributed by atoms with Crippen LogP contribution in [0, 0.1) is 5.92 Å². The van der Waals surface area contributed by atoms with Crippen molar-refractivity contribution in [2.45, 2.75) is 20.3 Å². The lowest BCUT2D eigenvalue weighted by Gasteiger charge is -2.02. The zero-order valence-electron chi connectivity index (χ0n) is 4.87. The number of allylic oxidation sites excluding steroid dienone is 1. The highest BCUT2D eigenvalue weighted by atomic mass is 127. The minimum atomic E-state index is 0.695. The molecule has 0 nitrogen and oxygen atoms in total. The Morgan fingerprint density at radius 1 is 1.86 bits per heavy atom. The lowest BCUT2D eigenvalue weighted by molar-refractivity contribution is 0.695. The summed E-state index contributed by atoms with van der Waals surface area (Å²) in [5.41, 5.74) is 0. The highest BCUT2D eigenvalue weighted by molar-refractivity contribution is 14.1. The normalized spacial score (nSPS) is 13.6. The van der Waals surface area contributed by atoms with Crippen molar-refractivity contribution < 1.29 is 0 Å². The second-order valence-corrected chi connectivity index (χ2v) is 3.14. The molecule has 0 aromatic carbocycles. The molecule has 0 bridgehead atoms. The standard InChI is InChI=1S/C6H11I/c1-4-5(2)6(3)7/h5H,3-4H2,1-2H3/t5-/m1/s1. The van der Waals surface area contributed by atoms with Crippen LogP contribution in [0.4, 0.5) is 0 Å². The summed E-state index contributed by atoms with van der Waals surface area (Å²) in [7, 11) is 0. The summed E-state index contributed by atoms with van der Waals surface area (Å²) in [6, 6.07) is 0. The SMILES string of the molecule is C=C(I)[C@H](C)CC. The monoisotopic (exact) mass is 210 g/mol. The van der Waals surface area contributed by atoms with E-state index in [1.54, 1.807) is 0 Å². The molecule has 0 N–H and O–H groups in total. The molecule has 0 unspecified atom stereocenters. The molecule has 1 heteroatoms. The van der Waals surface area contributed by atoms with Gasteiger partial charge in [-0.15, -0.1) is 0 Å². The van der Waals surface area contributed by atoms with Gasteiger partial charge in [0.1, 0.15) is 0 Å². The maximum atomic E-state index is 3.81. The molecule has 0 saturated heterocycles. The third-order valence-corrected chi connectivity index (χ3v) is 2.21. The molecule has 0 aromatic rings. The van der Waals surface area contributed by atoms with Crippen LogP contribution in [0.2, 0.25) is 0 Å². The van der Waals surface area contributed by atoms with Crippen LogP contribution in [-0.4, -0.2) is 0 Å². The molecule has 0 rings (SSSR count). The molecule has 7 heavy (non-hydrogen) atoms. The first-order valence-corrected chi connectivity index (χ1v) is 3.60. The Morgan fingerprint density at radius 2 is 2.29 bits per heavy atom. The average Bonchev–Trinajstić information content (AvgIpc) is 1.65. The van der Waals surface area contributed by atoms with Gasteiger partial charge in [0.2, 0.25) is 0 Å². The van der Waals surface area contributed by atoms with Gasteiger partial charge in [-0.3, -0.25) is 0 Å². The van der Waals surface area contributed by atoms with E-state index in [4.69, 9.17) is 0 Å². The fraction of sp³-hybridized carbons (Fsp3) is 0.667. The van der Waals surface area contributed by atoms with Crippen LogP contribution >= 0.6 is 22.6 Å². The minimum Gasteiger partial charge on any atom is -0.0894 e. The van der Waals surface area contributed by atoms with E-state index in [9.17, 15) is 0 Å². The van der Waals surface area contributed by atoms with Gasteiger partial charge in [-0.05, 0) is 38.5 Å². The number of hydrogen-bond donors (Lipinski definition) is 0. The lowest BCUT2D eigenvalue weighted by Crippen LogP contribution is -1.87. The van der Waals surface area contributed by atoms with Crippen LogP contribution in [0.5, 0.6) is 0 Å². The Balaban J connectivity index is 3.34. The molecular formula is C6H11I. The van der Waals surface area contributed by atoms with Crippen LogP contribution in [0.3, 0.4) is 0 Å². The predicted octanol–water partition coefficient (Wildman–Crippen LogP) is 2.98. The zero-order chi connectivity index (χ0) is 5.86. The summed E-state index contributed by atoms with van der Waals surface area (Å²) in [5.74, 6) is 0.695. The first-order valence-electron chi connectivity index (χ1n) is 2.52. The summed E-state index contributed by atoms with van der Waals surface area (Å²) in [6.45, 7) is 8.18. The second kappa shape index (κ2) is 3.47. The van der Waals surface area contributed by atoms with Crippen LogP contribution in [-0.2, 0) is 0 Å². The summed E-state index contributed by atoms with van der Waals surface area (Å²) in [4.78, 5) is 0. The summed E-state index contributed by atoms with van der Waals surface area (Å²) in [6.07, 6.45) is 1.21. The Labute approximate surface area is 59.1 Å².